The number of H-pyrrole nitrogens is 1. The number of nitrogens with one attached hydrogen (secondary N) is 2. The third kappa shape index (κ3) is 4.12. The van der Waals surface area contributed by atoms with E-state index in [9.17, 15) is 4.79 Å². The van der Waals surface area contributed by atoms with Crippen molar-refractivity contribution in [1.82, 2.24) is 15.3 Å². The van der Waals surface area contributed by atoms with Gasteiger partial charge in [0.2, 0.25) is 0 Å². The van der Waals surface area contributed by atoms with Crippen LogP contribution >= 0.6 is 0 Å². The van der Waals surface area contributed by atoms with Gasteiger partial charge in [0.1, 0.15) is 11.6 Å². The fourth-order valence-electron chi connectivity index (χ4n) is 1.63. The molecule has 0 aliphatic heterocycles. The Morgan fingerprint density at radius 1 is 1.35 bits per heavy atom. The number of aromatic amines is 1. The van der Waals surface area contributed by atoms with E-state index in [1.807, 2.05) is 12.1 Å². The van der Waals surface area contributed by atoms with Gasteiger partial charge in [-0.15, -0.1) is 0 Å². The van der Waals surface area contributed by atoms with Crippen molar-refractivity contribution >= 4 is 5.91 Å². The van der Waals surface area contributed by atoms with E-state index >= 15 is 0 Å². The zero-order chi connectivity index (χ0) is 14.4. The summed E-state index contributed by atoms with van der Waals surface area (Å²) in [6.45, 7) is 5.24. The van der Waals surface area contributed by atoms with Crippen LogP contribution in [0.3, 0.4) is 0 Å². The lowest BCUT2D eigenvalue weighted by atomic mass is 10.2. The van der Waals surface area contributed by atoms with Crippen molar-refractivity contribution in [3.8, 4) is 5.75 Å². The minimum atomic E-state index is -0.128. The Hall–Kier alpha value is -2.30. The smallest absolute Gasteiger partial charge is 0.251 e. The first-order chi connectivity index (χ1) is 9.65. The highest BCUT2D eigenvalue weighted by atomic mass is 16.5. The van der Waals surface area contributed by atoms with Gasteiger partial charge >= 0.3 is 0 Å². The maximum Gasteiger partial charge on any atom is 0.251 e. The van der Waals surface area contributed by atoms with Crippen molar-refractivity contribution in [2.45, 2.75) is 20.4 Å². The summed E-state index contributed by atoms with van der Waals surface area (Å²) in [5.41, 5.74) is 0.605. The Labute approximate surface area is 118 Å². The first-order valence-corrected chi connectivity index (χ1v) is 6.64. The van der Waals surface area contributed by atoms with Crippen LogP contribution in [0.2, 0.25) is 0 Å². The summed E-state index contributed by atoms with van der Waals surface area (Å²) in [4.78, 5) is 18.9. The number of imidazole rings is 1. The molecule has 0 radical (unpaired) electrons. The highest BCUT2D eigenvalue weighted by molar-refractivity contribution is 5.94. The van der Waals surface area contributed by atoms with E-state index in [-0.39, 0.29) is 5.91 Å². The van der Waals surface area contributed by atoms with E-state index in [4.69, 9.17) is 4.74 Å². The van der Waals surface area contributed by atoms with Crippen molar-refractivity contribution in [2.24, 2.45) is 5.92 Å². The second-order valence-electron chi connectivity index (χ2n) is 4.95. The Balaban J connectivity index is 1.87. The summed E-state index contributed by atoms with van der Waals surface area (Å²) in [5.74, 6) is 1.86. The topological polar surface area (TPSA) is 67.0 Å². The fourth-order valence-corrected chi connectivity index (χ4v) is 1.63. The molecule has 106 valence electrons. The minimum Gasteiger partial charge on any atom is -0.493 e. The van der Waals surface area contributed by atoms with Crippen LogP contribution in [0.4, 0.5) is 0 Å². The number of rotatable bonds is 6. The molecule has 20 heavy (non-hydrogen) atoms. The second-order valence-corrected chi connectivity index (χ2v) is 4.95. The molecular formula is C15H19N3O2. The maximum atomic E-state index is 11.9. The normalized spacial score (nSPS) is 10.6. The zero-order valence-corrected chi connectivity index (χ0v) is 11.7. The Bertz CT molecular complexity index is 533. The number of carbonyl (C=O) groups excluding carboxylic acids is 1. The molecule has 0 aliphatic rings. The first kappa shape index (κ1) is 14.1. The van der Waals surface area contributed by atoms with Gasteiger partial charge in [-0.25, -0.2) is 4.98 Å². The molecule has 2 rings (SSSR count). The number of nitrogens with zero attached hydrogens (tertiary/aromatic N) is 1. The molecule has 0 fully saturated rings. The van der Waals surface area contributed by atoms with Gasteiger partial charge in [0.05, 0.1) is 13.2 Å². The monoisotopic (exact) mass is 273 g/mol. The lowest BCUT2D eigenvalue weighted by Gasteiger charge is -2.09. The number of ether oxygens (including phenoxy) is 1. The molecule has 0 unspecified atom stereocenters. The molecule has 0 atom stereocenters. The number of hydrogen-bond donors (Lipinski definition) is 2. The molecule has 1 aromatic carbocycles. The molecule has 0 saturated heterocycles. The molecule has 2 aromatic rings. The number of carbonyl (C=O) groups is 1. The highest BCUT2D eigenvalue weighted by Gasteiger charge is 2.06. The van der Waals surface area contributed by atoms with E-state index in [0.29, 0.717) is 24.6 Å². The van der Waals surface area contributed by atoms with E-state index in [1.54, 1.807) is 24.5 Å². The Morgan fingerprint density at radius 2 is 2.10 bits per heavy atom. The van der Waals surface area contributed by atoms with E-state index in [1.165, 1.54) is 0 Å². The van der Waals surface area contributed by atoms with Crippen molar-refractivity contribution in [1.29, 1.82) is 0 Å². The molecule has 2 N–H and O–H groups in total. The summed E-state index contributed by atoms with van der Waals surface area (Å²) >= 11 is 0. The molecule has 1 amide bonds. The van der Waals surface area contributed by atoms with E-state index in [2.05, 4.69) is 29.1 Å². The molecular weight excluding hydrogens is 254 g/mol. The van der Waals surface area contributed by atoms with Crippen molar-refractivity contribution in [2.75, 3.05) is 6.61 Å². The van der Waals surface area contributed by atoms with Crippen LogP contribution in [0, 0.1) is 5.92 Å². The number of hydrogen-bond acceptors (Lipinski definition) is 3. The lowest BCUT2D eigenvalue weighted by Crippen LogP contribution is -2.23. The Morgan fingerprint density at radius 3 is 2.70 bits per heavy atom. The third-order valence-electron chi connectivity index (χ3n) is 2.67. The SMILES string of the molecule is CC(C)COc1ccc(C(=O)NCc2ncc[nH]2)cc1. The predicted molar refractivity (Wildman–Crippen MR) is 76.5 cm³/mol. The van der Waals surface area contributed by atoms with Crippen LogP contribution in [-0.2, 0) is 6.54 Å². The van der Waals surface area contributed by atoms with Gasteiger partial charge in [0.25, 0.3) is 5.91 Å². The van der Waals surface area contributed by atoms with Crippen LogP contribution < -0.4 is 10.1 Å². The molecule has 0 aliphatic carbocycles. The maximum absolute atomic E-state index is 11.9. The van der Waals surface area contributed by atoms with Gasteiger partial charge < -0.3 is 15.0 Å². The summed E-state index contributed by atoms with van der Waals surface area (Å²) in [6.07, 6.45) is 3.38. The summed E-state index contributed by atoms with van der Waals surface area (Å²) < 4.78 is 5.57. The van der Waals surface area contributed by atoms with E-state index < -0.39 is 0 Å². The van der Waals surface area contributed by atoms with Gasteiger partial charge in [-0.1, -0.05) is 13.8 Å². The largest absolute Gasteiger partial charge is 0.493 e. The molecule has 1 heterocycles. The third-order valence-corrected chi connectivity index (χ3v) is 2.67. The van der Waals surface area contributed by atoms with Crippen molar-refractivity contribution in [3.05, 3.63) is 48.0 Å². The van der Waals surface area contributed by atoms with Crippen LogP contribution in [0.25, 0.3) is 0 Å². The first-order valence-electron chi connectivity index (χ1n) is 6.64. The highest BCUT2D eigenvalue weighted by Crippen LogP contribution is 2.13. The molecule has 5 nitrogen and oxygen atoms in total. The lowest BCUT2D eigenvalue weighted by molar-refractivity contribution is 0.0950. The predicted octanol–water partition coefficient (Wildman–Crippen LogP) is 2.37. The van der Waals surface area contributed by atoms with Gasteiger partial charge in [-0.05, 0) is 30.2 Å². The second kappa shape index (κ2) is 6.75. The Kier molecular flexibility index (Phi) is 4.76. The summed E-state index contributed by atoms with van der Waals surface area (Å²) in [5, 5.41) is 2.80. The molecule has 0 bridgehead atoms. The number of aromatic nitrogens is 2. The number of benzene rings is 1. The average molecular weight is 273 g/mol. The van der Waals surface area contributed by atoms with Crippen LogP contribution in [0.1, 0.15) is 30.0 Å². The molecule has 0 spiro atoms. The standard InChI is InChI=1S/C15H19N3O2/c1-11(2)10-20-13-5-3-12(4-6-13)15(19)18-9-14-16-7-8-17-14/h3-8,11H,9-10H2,1-2H3,(H,16,17)(H,18,19). The quantitative estimate of drug-likeness (QED) is 0.849. The average Bonchev–Trinajstić information content (AvgIpc) is 2.96. The minimum absolute atomic E-state index is 0.128. The van der Waals surface area contributed by atoms with Crippen LogP contribution in [0.15, 0.2) is 36.7 Å². The number of amides is 1. The van der Waals surface area contributed by atoms with Gasteiger partial charge in [0, 0.05) is 18.0 Å². The van der Waals surface area contributed by atoms with Crippen LogP contribution in [0.5, 0.6) is 5.75 Å². The van der Waals surface area contributed by atoms with Crippen molar-refractivity contribution < 1.29 is 9.53 Å². The zero-order valence-electron chi connectivity index (χ0n) is 11.7. The van der Waals surface area contributed by atoms with Gasteiger partial charge in [-0.3, -0.25) is 4.79 Å². The summed E-state index contributed by atoms with van der Waals surface area (Å²) in [7, 11) is 0. The van der Waals surface area contributed by atoms with Gasteiger partial charge in [-0.2, -0.15) is 0 Å². The van der Waals surface area contributed by atoms with Crippen LogP contribution in [-0.4, -0.2) is 22.5 Å². The molecule has 0 saturated carbocycles. The molecule has 5 heteroatoms. The fraction of sp³-hybridized carbons (Fsp3) is 0.333. The molecule has 1 aromatic heterocycles. The van der Waals surface area contributed by atoms with Crippen molar-refractivity contribution in [3.63, 3.8) is 0 Å². The van der Waals surface area contributed by atoms with E-state index in [0.717, 1.165) is 11.6 Å². The van der Waals surface area contributed by atoms with Gasteiger partial charge in [0.15, 0.2) is 0 Å². The summed E-state index contributed by atoms with van der Waals surface area (Å²) in [6, 6.07) is 7.13.